The molecule has 0 spiro atoms. The Morgan fingerprint density at radius 1 is 0.275 bits per heavy atom. The number of furan rings is 1. The molecule has 8 aromatic carbocycles. The average Bonchev–Trinajstić information content (AvgIpc) is 3.84. The molecule has 0 amide bonds. The number of benzene rings is 8. The molecule has 3 heteroatoms. The van der Waals surface area contributed by atoms with Crippen molar-refractivity contribution in [2.75, 3.05) is 0 Å². The van der Waals surface area contributed by atoms with E-state index in [0.717, 1.165) is 33.3 Å². The Balaban J connectivity index is 1.10. The maximum absolute atomic E-state index is 6.10. The first-order chi connectivity index (χ1) is 25.3. The quantitative estimate of drug-likeness (QED) is 0.186. The summed E-state index contributed by atoms with van der Waals surface area (Å²) in [6, 6.07) is 65.6. The van der Waals surface area contributed by atoms with Crippen LogP contribution in [0.25, 0.3) is 99.2 Å². The number of hydrogen-bond acceptors (Lipinski definition) is 1. The van der Waals surface area contributed by atoms with Crippen LogP contribution in [0.2, 0.25) is 0 Å². The van der Waals surface area contributed by atoms with Crippen molar-refractivity contribution in [2.24, 2.45) is 0 Å². The summed E-state index contributed by atoms with van der Waals surface area (Å²) in [5.74, 6) is 0. The van der Waals surface area contributed by atoms with E-state index in [0.29, 0.717) is 0 Å². The predicted octanol–water partition coefficient (Wildman–Crippen LogP) is 13.1. The van der Waals surface area contributed by atoms with E-state index in [1.54, 1.807) is 0 Å². The number of rotatable bonds is 4. The van der Waals surface area contributed by atoms with Gasteiger partial charge in [0.2, 0.25) is 0 Å². The molecule has 11 rings (SSSR count). The van der Waals surface area contributed by atoms with E-state index < -0.39 is 0 Å². The Morgan fingerprint density at radius 2 is 0.804 bits per heavy atom. The van der Waals surface area contributed by atoms with Gasteiger partial charge in [0.15, 0.2) is 0 Å². The first-order valence-electron chi connectivity index (χ1n) is 17.4. The lowest BCUT2D eigenvalue weighted by molar-refractivity contribution is 0.669. The van der Waals surface area contributed by atoms with Gasteiger partial charge in [-0.3, -0.25) is 0 Å². The van der Waals surface area contributed by atoms with E-state index in [4.69, 9.17) is 4.42 Å². The summed E-state index contributed by atoms with van der Waals surface area (Å²) < 4.78 is 10.9. The summed E-state index contributed by atoms with van der Waals surface area (Å²) in [7, 11) is 0. The van der Waals surface area contributed by atoms with Crippen LogP contribution in [0.15, 0.2) is 186 Å². The zero-order valence-electron chi connectivity index (χ0n) is 27.6. The van der Waals surface area contributed by atoms with Crippen LogP contribution >= 0.6 is 0 Å². The van der Waals surface area contributed by atoms with Gasteiger partial charge in [-0.15, -0.1) is 0 Å². The van der Waals surface area contributed by atoms with Crippen LogP contribution in [0.1, 0.15) is 0 Å². The molecule has 51 heavy (non-hydrogen) atoms. The number of nitrogens with zero attached hydrogens (tertiary/aromatic N) is 2. The minimum absolute atomic E-state index is 0.915. The van der Waals surface area contributed by atoms with Gasteiger partial charge in [0, 0.05) is 43.7 Å². The number of para-hydroxylation sites is 3. The van der Waals surface area contributed by atoms with Gasteiger partial charge < -0.3 is 13.6 Å². The van der Waals surface area contributed by atoms with Crippen molar-refractivity contribution in [3.63, 3.8) is 0 Å². The van der Waals surface area contributed by atoms with Crippen LogP contribution in [-0.2, 0) is 0 Å². The maximum atomic E-state index is 6.10. The van der Waals surface area contributed by atoms with Crippen molar-refractivity contribution in [2.45, 2.75) is 0 Å². The Hall–Kier alpha value is -6.84. The monoisotopic (exact) mass is 650 g/mol. The third-order valence-corrected chi connectivity index (χ3v) is 10.5. The Labute approximate surface area is 293 Å². The standard InChI is InChI=1S/C48H30N2O/c1-2-11-31(12-3-1)33-13-10-14-36(27-33)50-44-19-8-5-16-38(44)41-29-45-40(30-46(41)50)37-15-4-7-18-43(37)49(45)35-24-21-32(22-25-35)34-23-26-48-42(28-34)39-17-6-9-20-47(39)51-48/h1-30H. The van der Waals surface area contributed by atoms with Crippen LogP contribution in [0.3, 0.4) is 0 Å². The van der Waals surface area contributed by atoms with Gasteiger partial charge in [-0.1, -0.05) is 115 Å². The lowest BCUT2D eigenvalue weighted by Crippen LogP contribution is -1.95. The molecule has 0 bridgehead atoms. The zero-order chi connectivity index (χ0) is 33.5. The van der Waals surface area contributed by atoms with Crippen LogP contribution in [0.4, 0.5) is 0 Å². The van der Waals surface area contributed by atoms with Crippen LogP contribution in [-0.4, -0.2) is 9.13 Å². The molecule has 0 aliphatic rings. The SMILES string of the molecule is c1ccc(-c2cccc(-n3c4ccccc4c4cc5c(cc43)c3ccccc3n5-c3ccc(-c4ccc5oc6ccccc6c5c4)cc3)c2)cc1. The summed E-state index contributed by atoms with van der Waals surface area (Å²) in [5, 5.41) is 7.25. The van der Waals surface area contributed by atoms with Crippen molar-refractivity contribution in [3.8, 4) is 33.6 Å². The molecular formula is C48H30N2O. The summed E-state index contributed by atoms with van der Waals surface area (Å²) in [6.07, 6.45) is 0. The van der Waals surface area contributed by atoms with Crippen molar-refractivity contribution < 1.29 is 4.42 Å². The predicted molar refractivity (Wildman–Crippen MR) is 213 cm³/mol. The van der Waals surface area contributed by atoms with Gasteiger partial charge in [0.25, 0.3) is 0 Å². The third kappa shape index (κ3) is 4.25. The summed E-state index contributed by atoms with van der Waals surface area (Å²) in [6.45, 7) is 0. The first kappa shape index (κ1) is 28.0. The molecule has 3 heterocycles. The van der Waals surface area contributed by atoms with Gasteiger partial charge >= 0.3 is 0 Å². The molecule has 0 N–H and O–H groups in total. The normalized spacial score (nSPS) is 11.9. The fraction of sp³-hybridized carbons (Fsp3) is 0. The summed E-state index contributed by atoms with van der Waals surface area (Å²) in [5.41, 5.74) is 13.7. The smallest absolute Gasteiger partial charge is 0.135 e. The highest BCUT2D eigenvalue weighted by Crippen LogP contribution is 2.40. The van der Waals surface area contributed by atoms with Gasteiger partial charge in [-0.05, 0) is 89.0 Å². The minimum Gasteiger partial charge on any atom is -0.456 e. The third-order valence-electron chi connectivity index (χ3n) is 10.5. The Bertz CT molecular complexity index is 3120. The lowest BCUT2D eigenvalue weighted by atomic mass is 10.0. The topological polar surface area (TPSA) is 23.0 Å². The number of aromatic nitrogens is 2. The molecule has 3 nitrogen and oxygen atoms in total. The second-order valence-electron chi connectivity index (χ2n) is 13.4. The Morgan fingerprint density at radius 3 is 1.53 bits per heavy atom. The van der Waals surface area contributed by atoms with E-state index in [9.17, 15) is 0 Å². The van der Waals surface area contributed by atoms with Gasteiger partial charge in [-0.25, -0.2) is 0 Å². The molecule has 11 aromatic rings. The Kier molecular flexibility index (Phi) is 5.96. The molecule has 0 atom stereocenters. The minimum atomic E-state index is 0.915. The van der Waals surface area contributed by atoms with Gasteiger partial charge in [0.05, 0.1) is 22.1 Å². The van der Waals surface area contributed by atoms with Crippen LogP contribution in [0, 0.1) is 0 Å². The highest BCUT2D eigenvalue weighted by atomic mass is 16.3. The zero-order valence-corrected chi connectivity index (χ0v) is 27.6. The van der Waals surface area contributed by atoms with Crippen LogP contribution < -0.4 is 0 Å². The van der Waals surface area contributed by atoms with E-state index in [-0.39, 0.29) is 0 Å². The van der Waals surface area contributed by atoms with Crippen molar-refractivity contribution in [1.29, 1.82) is 0 Å². The van der Waals surface area contributed by atoms with E-state index in [1.807, 2.05) is 12.1 Å². The highest BCUT2D eigenvalue weighted by molar-refractivity contribution is 6.19. The fourth-order valence-electron chi connectivity index (χ4n) is 8.15. The maximum Gasteiger partial charge on any atom is 0.135 e. The largest absolute Gasteiger partial charge is 0.456 e. The van der Waals surface area contributed by atoms with Crippen molar-refractivity contribution in [1.82, 2.24) is 9.13 Å². The molecule has 0 saturated heterocycles. The lowest BCUT2D eigenvalue weighted by Gasteiger charge is -2.11. The average molecular weight is 651 g/mol. The molecular weight excluding hydrogens is 621 g/mol. The van der Waals surface area contributed by atoms with E-state index in [1.165, 1.54) is 65.9 Å². The van der Waals surface area contributed by atoms with E-state index in [2.05, 4.69) is 179 Å². The molecule has 0 aliphatic carbocycles. The molecule has 238 valence electrons. The molecule has 0 fully saturated rings. The molecule has 0 unspecified atom stereocenters. The summed E-state index contributed by atoms with van der Waals surface area (Å²) >= 11 is 0. The number of hydrogen-bond donors (Lipinski definition) is 0. The molecule has 0 radical (unpaired) electrons. The number of fused-ring (bicyclic) bond motifs is 9. The van der Waals surface area contributed by atoms with Gasteiger partial charge in [-0.2, -0.15) is 0 Å². The first-order valence-corrected chi connectivity index (χ1v) is 17.4. The second kappa shape index (κ2) is 10.8. The molecule has 0 saturated carbocycles. The fourth-order valence-corrected chi connectivity index (χ4v) is 8.15. The highest BCUT2D eigenvalue weighted by Gasteiger charge is 2.19. The van der Waals surface area contributed by atoms with Crippen molar-refractivity contribution >= 4 is 65.6 Å². The molecule has 0 aliphatic heterocycles. The second-order valence-corrected chi connectivity index (χ2v) is 13.4. The van der Waals surface area contributed by atoms with Crippen LogP contribution in [0.5, 0.6) is 0 Å². The van der Waals surface area contributed by atoms with E-state index >= 15 is 0 Å². The van der Waals surface area contributed by atoms with Crippen molar-refractivity contribution in [3.05, 3.63) is 182 Å². The molecule has 3 aromatic heterocycles. The summed E-state index contributed by atoms with van der Waals surface area (Å²) in [4.78, 5) is 0. The van der Waals surface area contributed by atoms with Gasteiger partial charge in [0.1, 0.15) is 11.2 Å².